The van der Waals surface area contributed by atoms with Crippen molar-refractivity contribution in [2.24, 2.45) is 0 Å². The Bertz CT molecular complexity index is 1660. The summed E-state index contributed by atoms with van der Waals surface area (Å²) in [6.45, 7) is 8.07. The normalized spacial score (nSPS) is 14.4. The molecule has 5 heterocycles. The summed E-state index contributed by atoms with van der Waals surface area (Å²) < 4.78 is 19.5. The molecule has 2 saturated heterocycles. The molecule has 2 amide bonds. The standard InChI is InChI=1S/C34H53N15O6.ClH/c1-2-18-53-20-22-55-23-21-54-19-8-36-32-37-33(46-13-9-44(10-14-46)30(51)26-48-24-28(40-42-48)5-3-4-7-35)39-34(38-32)47-15-11-45(12-16-47)31(52)27-49-25-29(6-17-50)41-43-49;/h1,24-25,50H,3-23,26-27,35H2,(H,36,37,38,39);1H. The second-order valence-corrected chi connectivity index (χ2v) is 13.0. The molecule has 0 radical (unpaired) electrons. The van der Waals surface area contributed by atoms with E-state index in [0.29, 0.717) is 122 Å². The molecule has 0 aromatic carbocycles. The van der Waals surface area contributed by atoms with Crippen LogP contribution in [0.2, 0.25) is 0 Å². The summed E-state index contributed by atoms with van der Waals surface area (Å²) in [6.07, 6.45) is 11.9. The molecule has 5 rings (SSSR count). The molecule has 3 aromatic rings. The predicted molar refractivity (Wildman–Crippen MR) is 199 cm³/mol. The van der Waals surface area contributed by atoms with Gasteiger partial charge in [-0.3, -0.25) is 9.59 Å². The van der Waals surface area contributed by atoms with Gasteiger partial charge in [0.2, 0.25) is 29.7 Å². The van der Waals surface area contributed by atoms with Crippen LogP contribution in [0.25, 0.3) is 0 Å². The molecule has 0 atom stereocenters. The van der Waals surface area contributed by atoms with E-state index in [2.05, 4.69) is 42.5 Å². The number of nitrogens with zero attached hydrogens (tertiary/aromatic N) is 13. The summed E-state index contributed by atoms with van der Waals surface area (Å²) in [4.78, 5) is 48.3. The number of carbonyl (C=O) groups excluding carboxylic acids is 2. The summed E-state index contributed by atoms with van der Waals surface area (Å²) in [5.74, 6) is 3.75. The number of aromatic nitrogens is 9. The quantitative estimate of drug-likeness (QED) is 0.0598. The first-order chi connectivity index (χ1) is 26.9. The number of hydrogen-bond acceptors (Lipinski definition) is 16. The fourth-order valence-corrected chi connectivity index (χ4v) is 5.97. The predicted octanol–water partition coefficient (Wildman–Crippen LogP) is -6.05. The molecule has 0 bridgehead atoms. The van der Waals surface area contributed by atoms with E-state index in [1.165, 1.54) is 4.68 Å². The van der Waals surface area contributed by atoms with Gasteiger partial charge in [0.25, 0.3) is 0 Å². The number of ether oxygens (including phenoxy) is 3. The van der Waals surface area contributed by atoms with Crippen LogP contribution < -0.4 is 33.3 Å². The Balaban J connectivity index is 0.00000696. The topological polar surface area (TPSA) is 235 Å². The Hall–Kier alpha value is -4.72. The van der Waals surface area contributed by atoms with E-state index in [4.69, 9.17) is 40.7 Å². The number of unbranched alkanes of at least 4 members (excludes halogenated alkanes) is 1. The molecule has 5 N–H and O–H groups in total. The van der Waals surface area contributed by atoms with Gasteiger partial charge in [0.1, 0.15) is 19.7 Å². The van der Waals surface area contributed by atoms with Gasteiger partial charge in [-0.1, -0.05) is 16.3 Å². The number of aryl methyl sites for hydroxylation is 1. The number of aliphatic hydroxyl groups is 1. The molecule has 0 spiro atoms. The van der Waals surface area contributed by atoms with Crippen molar-refractivity contribution in [1.29, 1.82) is 0 Å². The Morgan fingerprint density at radius 3 is 1.79 bits per heavy atom. The molecule has 308 valence electrons. The molecular weight excluding hydrogens is 750 g/mol. The van der Waals surface area contributed by atoms with Crippen molar-refractivity contribution < 1.29 is 47.0 Å². The van der Waals surface area contributed by atoms with Gasteiger partial charge in [0.05, 0.1) is 51.0 Å². The van der Waals surface area contributed by atoms with Crippen molar-refractivity contribution in [2.75, 3.05) is 127 Å². The molecule has 0 aliphatic carbocycles. The monoisotopic (exact) mass is 803 g/mol. The largest absolute Gasteiger partial charge is 1.00 e. The van der Waals surface area contributed by atoms with E-state index in [1.54, 1.807) is 15.8 Å². The van der Waals surface area contributed by atoms with Crippen LogP contribution in [0.15, 0.2) is 12.4 Å². The lowest BCUT2D eigenvalue weighted by Gasteiger charge is -2.36. The number of piperazine rings is 2. The second-order valence-electron chi connectivity index (χ2n) is 13.0. The minimum absolute atomic E-state index is 0. The number of terminal acetylenes is 1. The lowest BCUT2D eigenvalue weighted by Crippen LogP contribution is -3.00. The highest BCUT2D eigenvalue weighted by Gasteiger charge is 2.27. The zero-order valence-electron chi connectivity index (χ0n) is 31.9. The van der Waals surface area contributed by atoms with Crippen LogP contribution in [0.1, 0.15) is 24.2 Å². The Morgan fingerprint density at radius 2 is 1.27 bits per heavy atom. The fourth-order valence-electron chi connectivity index (χ4n) is 5.97. The van der Waals surface area contributed by atoms with Crippen molar-refractivity contribution in [3.63, 3.8) is 0 Å². The van der Waals surface area contributed by atoms with Crippen LogP contribution in [-0.4, -0.2) is 183 Å². The van der Waals surface area contributed by atoms with Gasteiger partial charge in [-0.2, -0.15) is 15.0 Å². The van der Waals surface area contributed by atoms with Gasteiger partial charge in [0, 0.05) is 84.3 Å². The number of rotatable bonds is 23. The van der Waals surface area contributed by atoms with Gasteiger partial charge in [-0.05, 0) is 19.3 Å². The SMILES string of the molecule is C#CCOCCOCCOCCNc1nc(N2CCN(C(=O)Cn3cc(CCO)nn3)CC2)nc(N2CCN(C(=O)Cn3cc(CCCC[NH3+])nn3)CC2)n1.[Cl-]. The lowest BCUT2D eigenvalue weighted by molar-refractivity contribution is -0.368. The van der Waals surface area contributed by atoms with Gasteiger partial charge in [-0.15, -0.1) is 16.6 Å². The van der Waals surface area contributed by atoms with Crippen LogP contribution >= 0.6 is 0 Å². The highest BCUT2D eigenvalue weighted by atomic mass is 35.5. The number of hydrogen-bond donors (Lipinski definition) is 3. The van der Waals surface area contributed by atoms with Crippen LogP contribution in [-0.2, 0) is 49.7 Å². The number of carbonyl (C=O) groups is 2. The zero-order chi connectivity index (χ0) is 38.7. The van der Waals surface area contributed by atoms with E-state index in [-0.39, 0.29) is 50.5 Å². The summed E-state index contributed by atoms with van der Waals surface area (Å²) >= 11 is 0. The molecular formula is C34H54ClN15O6. The number of halogens is 1. The Labute approximate surface area is 332 Å². The summed E-state index contributed by atoms with van der Waals surface area (Å²) in [6, 6.07) is 0. The van der Waals surface area contributed by atoms with Crippen molar-refractivity contribution in [1.82, 2.24) is 54.7 Å². The third kappa shape index (κ3) is 14.1. The van der Waals surface area contributed by atoms with Gasteiger partial charge in [-0.25, -0.2) is 9.36 Å². The first-order valence-corrected chi connectivity index (χ1v) is 18.9. The van der Waals surface area contributed by atoms with Gasteiger partial charge >= 0.3 is 0 Å². The number of amides is 2. The maximum absolute atomic E-state index is 13.2. The molecule has 2 aliphatic rings. The average molecular weight is 804 g/mol. The number of quaternary nitrogens is 1. The first-order valence-electron chi connectivity index (χ1n) is 18.9. The summed E-state index contributed by atoms with van der Waals surface area (Å²) in [5, 5.41) is 28.8. The maximum Gasteiger partial charge on any atom is 0.244 e. The highest BCUT2D eigenvalue weighted by molar-refractivity contribution is 5.76. The molecule has 22 heteroatoms. The third-order valence-corrected chi connectivity index (χ3v) is 8.97. The van der Waals surface area contributed by atoms with Gasteiger partial charge in [0.15, 0.2) is 0 Å². The average Bonchev–Trinajstić information content (AvgIpc) is 3.85. The van der Waals surface area contributed by atoms with E-state index < -0.39 is 0 Å². The fraction of sp³-hybridized carbons (Fsp3) is 0.676. The smallest absolute Gasteiger partial charge is 0.244 e. The molecule has 0 unspecified atom stereocenters. The van der Waals surface area contributed by atoms with Crippen LogP contribution in [0.4, 0.5) is 17.8 Å². The molecule has 2 fully saturated rings. The highest BCUT2D eigenvalue weighted by Crippen LogP contribution is 2.20. The van der Waals surface area contributed by atoms with Crippen molar-refractivity contribution in [3.05, 3.63) is 23.8 Å². The number of aliphatic hydroxyl groups excluding tert-OH is 1. The molecule has 2 aliphatic heterocycles. The van der Waals surface area contributed by atoms with Crippen molar-refractivity contribution >= 4 is 29.7 Å². The number of anilines is 3. The van der Waals surface area contributed by atoms with E-state index in [9.17, 15) is 9.59 Å². The minimum atomic E-state index is -0.0668. The van der Waals surface area contributed by atoms with Gasteiger partial charge < -0.3 is 62.4 Å². The van der Waals surface area contributed by atoms with E-state index in [0.717, 1.165) is 31.5 Å². The molecule has 3 aromatic heterocycles. The molecule has 21 nitrogen and oxygen atoms in total. The van der Waals surface area contributed by atoms with Crippen molar-refractivity contribution in [2.45, 2.75) is 38.8 Å². The first kappa shape index (κ1) is 44.0. The summed E-state index contributed by atoms with van der Waals surface area (Å²) in [5.41, 5.74) is 5.40. The third-order valence-electron chi connectivity index (χ3n) is 8.97. The van der Waals surface area contributed by atoms with Crippen LogP contribution in [0.3, 0.4) is 0 Å². The molecule has 56 heavy (non-hydrogen) atoms. The number of nitrogens with one attached hydrogen (secondary N) is 1. The van der Waals surface area contributed by atoms with Crippen molar-refractivity contribution in [3.8, 4) is 12.3 Å². The van der Waals surface area contributed by atoms with E-state index >= 15 is 0 Å². The van der Waals surface area contributed by atoms with Crippen LogP contribution in [0.5, 0.6) is 0 Å². The maximum atomic E-state index is 13.2. The molecule has 0 saturated carbocycles. The summed E-state index contributed by atoms with van der Waals surface area (Å²) in [7, 11) is 0. The zero-order valence-corrected chi connectivity index (χ0v) is 32.6. The van der Waals surface area contributed by atoms with E-state index in [1.807, 2.05) is 16.0 Å². The Morgan fingerprint density at radius 1 is 0.750 bits per heavy atom. The minimum Gasteiger partial charge on any atom is -1.00 e. The lowest BCUT2D eigenvalue weighted by atomic mass is 10.2. The van der Waals surface area contributed by atoms with Crippen LogP contribution in [0, 0.1) is 12.3 Å². The Kier molecular flexibility index (Phi) is 18.9. The second kappa shape index (κ2) is 24.0.